The summed E-state index contributed by atoms with van der Waals surface area (Å²) in [7, 11) is 2.96. The van der Waals surface area contributed by atoms with Crippen molar-refractivity contribution in [1.29, 1.82) is 0 Å². The lowest BCUT2D eigenvalue weighted by molar-refractivity contribution is -0.384. The average Bonchev–Trinajstić information content (AvgIpc) is 3.08. The molecule has 0 bridgehead atoms. The molecule has 2 aromatic rings. The van der Waals surface area contributed by atoms with Gasteiger partial charge in [0.05, 0.1) is 30.4 Å². The number of ether oxygens (including phenoxy) is 2. The predicted octanol–water partition coefficient (Wildman–Crippen LogP) is 3.38. The van der Waals surface area contributed by atoms with E-state index < -0.39 is 16.7 Å². The van der Waals surface area contributed by atoms with Gasteiger partial charge in [-0.2, -0.15) is 0 Å². The van der Waals surface area contributed by atoms with Crippen molar-refractivity contribution < 1.29 is 24.0 Å². The van der Waals surface area contributed by atoms with Crippen LogP contribution in [0.5, 0.6) is 11.5 Å². The highest BCUT2D eigenvalue weighted by Gasteiger charge is 2.43. The first kappa shape index (κ1) is 21.4. The number of nitro groups is 1. The maximum atomic E-state index is 13.6. The molecule has 32 heavy (non-hydrogen) atoms. The minimum absolute atomic E-state index is 0.0861. The van der Waals surface area contributed by atoms with Gasteiger partial charge in [-0.05, 0) is 49.1 Å². The number of nitro benzene ring substituents is 1. The van der Waals surface area contributed by atoms with E-state index in [1.54, 1.807) is 18.2 Å². The first-order valence-electron chi connectivity index (χ1n) is 10.3. The van der Waals surface area contributed by atoms with Crippen molar-refractivity contribution in [2.75, 3.05) is 32.2 Å². The van der Waals surface area contributed by atoms with Crippen molar-refractivity contribution in [2.24, 2.45) is 0 Å². The summed E-state index contributed by atoms with van der Waals surface area (Å²) in [4.78, 5) is 40.9. The zero-order chi connectivity index (χ0) is 22.8. The Balaban J connectivity index is 1.84. The van der Waals surface area contributed by atoms with E-state index >= 15 is 0 Å². The molecule has 0 radical (unpaired) electrons. The molecule has 1 fully saturated rings. The quantitative estimate of drug-likeness (QED) is 0.388. The highest BCUT2D eigenvalue weighted by atomic mass is 16.6. The molecule has 0 N–H and O–H groups in total. The Morgan fingerprint density at radius 3 is 2.19 bits per heavy atom. The fourth-order valence-corrected chi connectivity index (χ4v) is 4.13. The largest absolute Gasteiger partial charge is 0.497 e. The minimum Gasteiger partial charge on any atom is -0.497 e. The van der Waals surface area contributed by atoms with Crippen LogP contribution in [0.25, 0.3) is 5.57 Å². The van der Waals surface area contributed by atoms with Gasteiger partial charge in [-0.3, -0.25) is 19.7 Å². The third kappa shape index (κ3) is 3.66. The van der Waals surface area contributed by atoms with Crippen LogP contribution in [0.1, 0.15) is 24.8 Å². The molecule has 2 aliphatic rings. The van der Waals surface area contributed by atoms with Crippen LogP contribution in [0.15, 0.2) is 48.2 Å². The molecular weight excluding hydrogens is 414 g/mol. The van der Waals surface area contributed by atoms with E-state index in [1.165, 1.54) is 38.5 Å². The fraction of sp³-hybridized carbons (Fsp3) is 0.304. The van der Waals surface area contributed by atoms with E-state index in [4.69, 9.17) is 9.47 Å². The molecule has 0 aromatic heterocycles. The van der Waals surface area contributed by atoms with Crippen molar-refractivity contribution in [3.63, 3.8) is 0 Å². The highest BCUT2D eigenvalue weighted by molar-refractivity contribution is 6.45. The maximum absolute atomic E-state index is 13.6. The molecular formula is C23H23N3O6. The van der Waals surface area contributed by atoms with Crippen LogP contribution >= 0.6 is 0 Å². The lowest BCUT2D eigenvalue weighted by atomic mass is 10.0. The van der Waals surface area contributed by atoms with E-state index in [1.807, 2.05) is 4.90 Å². The van der Waals surface area contributed by atoms with Gasteiger partial charge in [-0.1, -0.05) is 0 Å². The Bertz CT molecular complexity index is 1100. The Labute approximate surface area is 185 Å². The normalized spacial score (nSPS) is 16.6. The standard InChI is InChI=1S/C23H23N3O6/c1-31-17-10-11-19(32-2)18(14-17)25-22(27)20(15-6-8-16(9-7-15)26(29)30)21(23(25)28)24-12-4-3-5-13-24/h6-11,14H,3-5,12-13H2,1-2H3. The summed E-state index contributed by atoms with van der Waals surface area (Å²) in [6.45, 7) is 1.32. The van der Waals surface area contributed by atoms with E-state index in [2.05, 4.69) is 0 Å². The van der Waals surface area contributed by atoms with Crippen LogP contribution in [0.3, 0.4) is 0 Å². The van der Waals surface area contributed by atoms with Crippen molar-refractivity contribution in [2.45, 2.75) is 19.3 Å². The number of methoxy groups -OCH3 is 2. The van der Waals surface area contributed by atoms with Crippen LogP contribution in [-0.4, -0.2) is 48.9 Å². The van der Waals surface area contributed by atoms with E-state index in [9.17, 15) is 19.7 Å². The summed E-state index contributed by atoms with van der Waals surface area (Å²) in [5, 5.41) is 11.1. The second-order valence-electron chi connectivity index (χ2n) is 7.56. The molecule has 2 amide bonds. The van der Waals surface area contributed by atoms with Crippen LogP contribution in [0.2, 0.25) is 0 Å². The number of carbonyl (C=O) groups excluding carboxylic acids is 2. The van der Waals surface area contributed by atoms with E-state index in [0.717, 1.165) is 24.2 Å². The summed E-state index contributed by atoms with van der Waals surface area (Å²) in [5.74, 6) is -0.118. The second-order valence-corrected chi connectivity index (χ2v) is 7.56. The zero-order valence-corrected chi connectivity index (χ0v) is 17.9. The number of nitrogens with zero attached hydrogens (tertiary/aromatic N) is 3. The third-order valence-corrected chi connectivity index (χ3v) is 5.73. The Morgan fingerprint density at radius 1 is 0.906 bits per heavy atom. The molecule has 2 heterocycles. The number of benzene rings is 2. The fourth-order valence-electron chi connectivity index (χ4n) is 4.13. The van der Waals surface area contributed by atoms with Gasteiger partial charge in [0, 0.05) is 31.3 Å². The van der Waals surface area contributed by atoms with Crippen LogP contribution in [-0.2, 0) is 9.59 Å². The zero-order valence-electron chi connectivity index (χ0n) is 17.9. The van der Waals surface area contributed by atoms with Gasteiger partial charge in [-0.15, -0.1) is 0 Å². The molecule has 166 valence electrons. The van der Waals surface area contributed by atoms with Gasteiger partial charge in [0.25, 0.3) is 17.5 Å². The summed E-state index contributed by atoms with van der Waals surface area (Å²) < 4.78 is 10.7. The topological polar surface area (TPSA) is 102 Å². The summed E-state index contributed by atoms with van der Waals surface area (Å²) >= 11 is 0. The maximum Gasteiger partial charge on any atom is 0.282 e. The molecule has 9 heteroatoms. The lowest BCUT2D eigenvalue weighted by Gasteiger charge is -2.29. The number of hydrogen-bond donors (Lipinski definition) is 0. The summed E-state index contributed by atoms with van der Waals surface area (Å²) in [6, 6.07) is 10.6. The lowest BCUT2D eigenvalue weighted by Crippen LogP contribution is -2.37. The number of rotatable bonds is 6. The van der Waals surface area contributed by atoms with Gasteiger partial charge in [0.2, 0.25) is 0 Å². The van der Waals surface area contributed by atoms with Crippen LogP contribution in [0.4, 0.5) is 11.4 Å². The summed E-state index contributed by atoms with van der Waals surface area (Å²) in [6.07, 6.45) is 2.90. The molecule has 0 spiro atoms. The van der Waals surface area contributed by atoms with E-state index in [0.29, 0.717) is 35.8 Å². The first-order chi connectivity index (χ1) is 15.5. The second kappa shape index (κ2) is 8.70. The highest BCUT2D eigenvalue weighted by Crippen LogP contribution is 2.41. The van der Waals surface area contributed by atoms with Crippen LogP contribution < -0.4 is 14.4 Å². The molecule has 0 aliphatic carbocycles. The number of amides is 2. The van der Waals surface area contributed by atoms with Gasteiger partial charge < -0.3 is 14.4 Å². The molecule has 9 nitrogen and oxygen atoms in total. The molecule has 0 atom stereocenters. The van der Waals surface area contributed by atoms with Crippen molar-refractivity contribution in [3.05, 3.63) is 63.8 Å². The van der Waals surface area contributed by atoms with Crippen molar-refractivity contribution >= 4 is 28.8 Å². The predicted molar refractivity (Wildman–Crippen MR) is 117 cm³/mol. The molecule has 0 unspecified atom stereocenters. The Morgan fingerprint density at radius 2 is 1.59 bits per heavy atom. The SMILES string of the molecule is COc1ccc(OC)c(N2C(=O)C(c3ccc([N+](=O)[O-])cc3)=C(N3CCCCC3)C2=O)c1. The molecule has 1 saturated heterocycles. The number of likely N-dealkylation sites (tertiary alicyclic amines) is 1. The van der Waals surface area contributed by atoms with Gasteiger partial charge in [0.15, 0.2) is 0 Å². The number of non-ortho nitro benzene ring substituents is 1. The Kier molecular flexibility index (Phi) is 5.81. The monoisotopic (exact) mass is 437 g/mol. The first-order valence-corrected chi connectivity index (χ1v) is 10.3. The summed E-state index contributed by atoms with van der Waals surface area (Å²) in [5.41, 5.74) is 1.20. The smallest absolute Gasteiger partial charge is 0.282 e. The number of piperidine rings is 1. The molecule has 2 aliphatic heterocycles. The van der Waals surface area contributed by atoms with Crippen molar-refractivity contribution in [3.8, 4) is 11.5 Å². The van der Waals surface area contributed by atoms with Gasteiger partial charge in [0.1, 0.15) is 17.2 Å². The number of hydrogen-bond acceptors (Lipinski definition) is 7. The van der Waals surface area contributed by atoms with Crippen LogP contribution in [0, 0.1) is 10.1 Å². The third-order valence-electron chi connectivity index (χ3n) is 5.73. The molecule has 0 saturated carbocycles. The molecule has 2 aromatic carbocycles. The van der Waals surface area contributed by atoms with Gasteiger partial charge >= 0.3 is 0 Å². The Hall–Kier alpha value is -3.88. The number of imide groups is 1. The van der Waals surface area contributed by atoms with Crippen molar-refractivity contribution in [1.82, 2.24) is 4.90 Å². The minimum atomic E-state index is -0.504. The van der Waals surface area contributed by atoms with Gasteiger partial charge in [-0.25, -0.2) is 4.90 Å². The number of carbonyl (C=O) groups is 2. The number of anilines is 1. The average molecular weight is 437 g/mol. The molecule has 4 rings (SSSR count). The van der Waals surface area contributed by atoms with E-state index in [-0.39, 0.29) is 16.9 Å².